The fraction of sp³-hybridized carbons (Fsp3) is 0.276. The van der Waals surface area contributed by atoms with E-state index in [1.165, 1.54) is 44.4 Å². The summed E-state index contributed by atoms with van der Waals surface area (Å²) in [4.78, 5) is 19.5. The summed E-state index contributed by atoms with van der Waals surface area (Å²) in [7, 11) is 8.21. The third-order valence-corrected chi connectivity index (χ3v) is 9.59. The number of aldehydes is 1. The minimum Gasteiger partial charge on any atom is -0.378 e. The van der Waals surface area contributed by atoms with E-state index in [0.29, 0.717) is 0 Å². The van der Waals surface area contributed by atoms with Crippen molar-refractivity contribution in [2.75, 3.05) is 43.7 Å². The molecule has 0 bridgehead atoms. The molecule has 0 fully saturated rings. The van der Waals surface area contributed by atoms with Gasteiger partial charge in [-0.25, -0.2) is 0 Å². The number of hydrogen-bond acceptors (Lipinski definition) is 6. The number of rotatable bonds is 10. The van der Waals surface area contributed by atoms with Crippen LogP contribution in [0.1, 0.15) is 29.4 Å². The molecule has 2 heterocycles. The Morgan fingerprint density at radius 1 is 0.771 bits per heavy atom. The highest BCUT2D eigenvalue weighted by atomic mass is 32.2. The number of thioether (sulfide) groups is 1. The van der Waals surface area contributed by atoms with Crippen LogP contribution in [0.5, 0.6) is 0 Å². The predicted molar refractivity (Wildman–Crippen MR) is 158 cm³/mol. The number of carbonyl (C=O) groups excluding carboxylic acids is 1. The van der Waals surface area contributed by atoms with Gasteiger partial charge in [-0.1, -0.05) is 37.6 Å². The topological polar surface area (TPSA) is 23.6 Å². The van der Waals surface area contributed by atoms with Crippen LogP contribution >= 0.6 is 34.4 Å². The van der Waals surface area contributed by atoms with Crippen LogP contribution in [0.25, 0.3) is 32.0 Å². The van der Waals surface area contributed by atoms with Gasteiger partial charge in [0.05, 0.1) is 9.09 Å². The normalized spacial score (nSPS) is 11.0. The third-order valence-electron chi connectivity index (χ3n) is 5.92. The molecule has 0 radical (unpaired) electrons. The van der Waals surface area contributed by atoms with Crippen molar-refractivity contribution >= 4 is 52.1 Å². The zero-order valence-electron chi connectivity index (χ0n) is 21.0. The number of unbranched alkanes of at least 4 members (excludes halogenated alkanes) is 1. The molecule has 4 rings (SSSR count). The minimum absolute atomic E-state index is 0.793. The molecule has 6 heteroatoms. The predicted octanol–water partition coefficient (Wildman–Crippen LogP) is 8.65. The molecule has 4 aromatic rings. The first-order valence-corrected chi connectivity index (χ1v) is 14.4. The second-order valence-corrected chi connectivity index (χ2v) is 12.4. The Labute approximate surface area is 221 Å². The van der Waals surface area contributed by atoms with Crippen LogP contribution in [0.2, 0.25) is 0 Å². The molecule has 182 valence electrons. The molecule has 0 saturated heterocycles. The molecular weight excluding hydrogens is 489 g/mol. The molecule has 0 spiro atoms. The molecule has 0 unspecified atom stereocenters. The van der Waals surface area contributed by atoms with E-state index in [0.717, 1.165) is 32.9 Å². The van der Waals surface area contributed by atoms with Crippen molar-refractivity contribution in [3.05, 3.63) is 65.5 Å². The first kappa shape index (κ1) is 25.5. The average Bonchev–Trinajstić information content (AvgIpc) is 3.48. The molecule has 0 aliphatic heterocycles. The first-order valence-electron chi connectivity index (χ1n) is 11.8. The molecule has 0 N–H and O–H groups in total. The zero-order valence-corrected chi connectivity index (χ0v) is 23.4. The van der Waals surface area contributed by atoms with E-state index in [1.54, 1.807) is 11.3 Å². The highest BCUT2D eigenvalue weighted by molar-refractivity contribution is 8.01. The Hall–Kier alpha value is -2.54. The highest BCUT2D eigenvalue weighted by Gasteiger charge is 2.19. The van der Waals surface area contributed by atoms with Crippen molar-refractivity contribution in [2.24, 2.45) is 0 Å². The van der Waals surface area contributed by atoms with Crippen molar-refractivity contribution in [1.29, 1.82) is 0 Å². The zero-order chi connectivity index (χ0) is 24.9. The molecule has 0 aliphatic rings. The van der Waals surface area contributed by atoms with Gasteiger partial charge in [-0.3, -0.25) is 4.79 Å². The number of hydrogen-bond donors (Lipinski definition) is 0. The third kappa shape index (κ3) is 5.83. The van der Waals surface area contributed by atoms with E-state index in [4.69, 9.17) is 0 Å². The van der Waals surface area contributed by atoms with Crippen LogP contribution in [-0.4, -0.2) is 40.2 Å². The van der Waals surface area contributed by atoms with E-state index in [1.807, 2.05) is 37.2 Å². The number of nitrogens with zero attached hydrogens (tertiary/aromatic N) is 2. The maximum Gasteiger partial charge on any atom is 0.160 e. The van der Waals surface area contributed by atoms with E-state index in [9.17, 15) is 4.79 Å². The van der Waals surface area contributed by atoms with Crippen LogP contribution in [0.3, 0.4) is 0 Å². The minimum atomic E-state index is 0.793. The van der Waals surface area contributed by atoms with Crippen molar-refractivity contribution < 1.29 is 4.79 Å². The lowest BCUT2D eigenvalue weighted by molar-refractivity contribution is 0.112. The van der Waals surface area contributed by atoms with E-state index in [2.05, 4.69) is 91.5 Å². The molecule has 0 aliphatic carbocycles. The smallest absolute Gasteiger partial charge is 0.160 e. The van der Waals surface area contributed by atoms with Gasteiger partial charge in [0.25, 0.3) is 0 Å². The summed E-state index contributed by atoms with van der Waals surface area (Å²) in [5.41, 5.74) is 6.93. The summed E-state index contributed by atoms with van der Waals surface area (Å²) in [5, 5.41) is 0. The monoisotopic (exact) mass is 520 g/mol. The second kappa shape index (κ2) is 11.5. The lowest BCUT2D eigenvalue weighted by Crippen LogP contribution is -2.07. The molecule has 0 saturated carbocycles. The Kier molecular flexibility index (Phi) is 8.37. The van der Waals surface area contributed by atoms with Gasteiger partial charge >= 0.3 is 0 Å². The van der Waals surface area contributed by atoms with Gasteiger partial charge < -0.3 is 9.80 Å². The lowest BCUT2D eigenvalue weighted by atomic mass is 10.1. The summed E-state index contributed by atoms with van der Waals surface area (Å²) < 4.78 is 1.29. The van der Waals surface area contributed by atoms with Gasteiger partial charge in [-0.2, -0.15) is 0 Å². The van der Waals surface area contributed by atoms with Crippen LogP contribution in [0, 0.1) is 0 Å². The molecule has 0 amide bonds. The van der Waals surface area contributed by atoms with Gasteiger partial charge in [-0.15, -0.1) is 34.4 Å². The van der Waals surface area contributed by atoms with E-state index < -0.39 is 0 Å². The number of benzene rings is 2. The SMILES string of the molecule is CCCCSc1sc(-c2ccc(N(C)C)cc2)cc1-c1cc(-c2ccc(N(C)C)cc2)sc1C=O. The maximum absolute atomic E-state index is 12.1. The quantitative estimate of drug-likeness (QED) is 0.119. The lowest BCUT2D eigenvalue weighted by Gasteiger charge is -2.12. The van der Waals surface area contributed by atoms with Gasteiger partial charge in [0.15, 0.2) is 6.29 Å². The second-order valence-electron chi connectivity index (χ2n) is 8.90. The van der Waals surface area contributed by atoms with Gasteiger partial charge in [0.2, 0.25) is 0 Å². The number of carbonyl (C=O) groups is 1. The van der Waals surface area contributed by atoms with Crippen molar-refractivity contribution in [3.8, 4) is 32.0 Å². The standard InChI is InChI=1S/C29H32N2OS3/c1-6-7-16-33-29-25(18-27(35-29)21-10-14-23(15-11-21)31(4)5)24-17-26(34-28(24)19-32)20-8-12-22(13-9-20)30(2)3/h8-15,17-19H,6-7,16H2,1-5H3. The van der Waals surface area contributed by atoms with Gasteiger partial charge in [0.1, 0.15) is 0 Å². The summed E-state index contributed by atoms with van der Waals surface area (Å²) >= 11 is 5.32. The largest absolute Gasteiger partial charge is 0.378 e. The van der Waals surface area contributed by atoms with Crippen molar-refractivity contribution in [1.82, 2.24) is 0 Å². The average molecular weight is 521 g/mol. The summed E-state index contributed by atoms with van der Waals surface area (Å²) in [6, 6.07) is 21.7. The Bertz CT molecular complexity index is 1270. The van der Waals surface area contributed by atoms with Crippen LogP contribution < -0.4 is 9.80 Å². The maximum atomic E-state index is 12.1. The van der Waals surface area contributed by atoms with Crippen molar-refractivity contribution in [3.63, 3.8) is 0 Å². The number of thiophene rings is 2. The van der Waals surface area contributed by atoms with Crippen molar-refractivity contribution in [2.45, 2.75) is 24.0 Å². The van der Waals surface area contributed by atoms with Crippen LogP contribution in [0.15, 0.2) is 64.9 Å². The molecular formula is C29H32N2OS3. The van der Waals surface area contributed by atoms with Crippen LogP contribution in [-0.2, 0) is 0 Å². The summed E-state index contributed by atoms with van der Waals surface area (Å²) in [6.45, 7) is 2.23. The fourth-order valence-corrected chi connectivity index (χ4v) is 7.42. The molecule has 35 heavy (non-hydrogen) atoms. The molecule has 0 atom stereocenters. The van der Waals surface area contributed by atoms with Gasteiger partial charge in [0, 0.05) is 60.4 Å². The van der Waals surface area contributed by atoms with E-state index in [-0.39, 0.29) is 0 Å². The molecule has 3 nitrogen and oxygen atoms in total. The Morgan fingerprint density at radius 3 is 1.77 bits per heavy atom. The summed E-state index contributed by atoms with van der Waals surface area (Å²) in [5.74, 6) is 1.09. The Morgan fingerprint density at radius 2 is 1.29 bits per heavy atom. The van der Waals surface area contributed by atoms with Crippen LogP contribution in [0.4, 0.5) is 11.4 Å². The Balaban J connectivity index is 1.74. The summed E-state index contributed by atoms with van der Waals surface area (Å²) in [6.07, 6.45) is 3.38. The molecule has 2 aromatic carbocycles. The van der Waals surface area contributed by atoms with E-state index >= 15 is 0 Å². The number of anilines is 2. The highest BCUT2D eigenvalue weighted by Crippen LogP contribution is 2.47. The van der Waals surface area contributed by atoms with Gasteiger partial charge in [-0.05, 0) is 59.7 Å². The fourth-order valence-electron chi connectivity index (χ4n) is 3.81. The first-order chi connectivity index (χ1) is 16.9. The molecule has 2 aromatic heterocycles.